The highest BCUT2D eigenvalue weighted by molar-refractivity contribution is 6.19. The molecule has 0 aliphatic carbocycles. The number of hydrogen-bond donors (Lipinski definition) is 0. The third-order valence-corrected chi connectivity index (χ3v) is 2.95. The van der Waals surface area contributed by atoms with Gasteiger partial charge in [0, 0.05) is 24.2 Å². The van der Waals surface area contributed by atoms with Gasteiger partial charge in [-0.25, -0.2) is 0 Å². The van der Waals surface area contributed by atoms with Gasteiger partial charge in [0.2, 0.25) is 5.91 Å². The van der Waals surface area contributed by atoms with E-state index in [0.717, 1.165) is 0 Å². The first-order valence-electron chi connectivity index (χ1n) is 4.80. The number of halogens is 2. The molecule has 2 nitrogen and oxygen atoms in total. The molecule has 0 saturated heterocycles. The molecule has 0 aliphatic heterocycles. The first kappa shape index (κ1) is 14.1. The molecule has 0 aromatic heterocycles. The molecule has 84 valence electrons. The van der Waals surface area contributed by atoms with Crippen LogP contribution in [0.4, 0.5) is 0 Å². The molecule has 0 heterocycles. The molecule has 0 aliphatic rings. The van der Waals surface area contributed by atoms with E-state index in [1.165, 1.54) is 0 Å². The van der Waals surface area contributed by atoms with Gasteiger partial charge < -0.3 is 4.90 Å². The maximum atomic E-state index is 11.8. The summed E-state index contributed by atoms with van der Waals surface area (Å²) in [6.07, 6.45) is 0. The minimum atomic E-state index is -0.322. The monoisotopic (exact) mass is 239 g/mol. The summed E-state index contributed by atoms with van der Waals surface area (Å²) in [6, 6.07) is 0. The van der Waals surface area contributed by atoms with Gasteiger partial charge in [0.1, 0.15) is 0 Å². The zero-order chi connectivity index (χ0) is 11.4. The van der Waals surface area contributed by atoms with Crippen LogP contribution < -0.4 is 0 Å². The van der Waals surface area contributed by atoms with Crippen LogP contribution in [-0.4, -0.2) is 34.7 Å². The Morgan fingerprint density at radius 3 is 2.14 bits per heavy atom. The average molecular weight is 240 g/mol. The molecule has 14 heavy (non-hydrogen) atoms. The Morgan fingerprint density at radius 1 is 1.36 bits per heavy atom. The lowest BCUT2D eigenvalue weighted by Crippen LogP contribution is -2.51. The number of carbonyl (C=O) groups is 1. The maximum absolute atomic E-state index is 11.8. The largest absolute Gasteiger partial charge is 0.335 e. The van der Waals surface area contributed by atoms with Gasteiger partial charge in [0.15, 0.2) is 0 Å². The Morgan fingerprint density at radius 2 is 1.86 bits per heavy atom. The lowest BCUT2D eigenvalue weighted by molar-refractivity contribution is -0.138. The van der Waals surface area contributed by atoms with Crippen LogP contribution in [0.15, 0.2) is 0 Å². The van der Waals surface area contributed by atoms with Gasteiger partial charge in [-0.3, -0.25) is 4.79 Å². The van der Waals surface area contributed by atoms with Crippen molar-refractivity contribution in [3.8, 4) is 0 Å². The summed E-state index contributed by atoms with van der Waals surface area (Å²) in [5, 5.41) is 0. The third kappa shape index (κ3) is 3.66. The summed E-state index contributed by atoms with van der Waals surface area (Å²) >= 11 is 11.5. The minimum Gasteiger partial charge on any atom is -0.335 e. The van der Waals surface area contributed by atoms with Gasteiger partial charge in [-0.1, -0.05) is 13.8 Å². The van der Waals surface area contributed by atoms with Crippen LogP contribution in [0.1, 0.15) is 27.7 Å². The Bertz CT molecular complexity index is 193. The lowest BCUT2D eigenvalue weighted by Gasteiger charge is -2.38. The molecule has 0 N–H and O–H groups in total. The fourth-order valence-electron chi connectivity index (χ4n) is 1.18. The smallest absolute Gasteiger partial charge is 0.225 e. The van der Waals surface area contributed by atoms with Crippen molar-refractivity contribution in [1.29, 1.82) is 0 Å². The highest BCUT2D eigenvalue weighted by Gasteiger charge is 2.30. The molecule has 0 saturated carbocycles. The highest BCUT2D eigenvalue weighted by Crippen LogP contribution is 2.19. The molecule has 0 radical (unpaired) electrons. The summed E-state index contributed by atoms with van der Waals surface area (Å²) < 4.78 is 0. The molecule has 4 heteroatoms. The van der Waals surface area contributed by atoms with Crippen molar-refractivity contribution in [1.82, 2.24) is 4.90 Å². The van der Waals surface area contributed by atoms with Crippen LogP contribution in [-0.2, 0) is 4.79 Å². The van der Waals surface area contributed by atoms with Gasteiger partial charge in [0.05, 0.1) is 5.54 Å². The molecule has 0 fully saturated rings. The van der Waals surface area contributed by atoms with E-state index >= 15 is 0 Å². The van der Waals surface area contributed by atoms with Gasteiger partial charge in [0.25, 0.3) is 0 Å². The second-order valence-electron chi connectivity index (χ2n) is 4.28. The second-order valence-corrected chi connectivity index (χ2v) is 4.92. The maximum Gasteiger partial charge on any atom is 0.225 e. The SMILES string of the molecule is CC(C)C(=O)N(CCCl)C(C)(C)CCl. The fraction of sp³-hybridized carbons (Fsp3) is 0.900. The minimum absolute atomic E-state index is 0.0132. The van der Waals surface area contributed by atoms with Crippen molar-refractivity contribution in [3.05, 3.63) is 0 Å². The molecule has 0 aromatic rings. The van der Waals surface area contributed by atoms with Crippen LogP contribution in [0.3, 0.4) is 0 Å². The van der Waals surface area contributed by atoms with Crippen molar-refractivity contribution in [2.75, 3.05) is 18.3 Å². The van der Waals surface area contributed by atoms with E-state index in [2.05, 4.69) is 0 Å². The van der Waals surface area contributed by atoms with E-state index in [9.17, 15) is 4.79 Å². The second kappa shape index (κ2) is 5.82. The zero-order valence-electron chi connectivity index (χ0n) is 9.31. The van der Waals surface area contributed by atoms with Gasteiger partial charge in [-0.15, -0.1) is 23.2 Å². The van der Waals surface area contributed by atoms with Crippen LogP contribution in [0.25, 0.3) is 0 Å². The molecule has 0 spiro atoms. The van der Waals surface area contributed by atoms with Gasteiger partial charge in [-0.2, -0.15) is 0 Å². The predicted molar refractivity (Wildman–Crippen MR) is 62.1 cm³/mol. The molecule has 0 aromatic carbocycles. The van der Waals surface area contributed by atoms with Gasteiger partial charge >= 0.3 is 0 Å². The van der Waals surface area contributed by atoms with Crippen LogP contribution in [0.2, 0.25) is 0 Å². The molecule has 0 bridgehead atoms. The van der Waals surface area contributed by atoms with E-state index < -0.39 is 0 Å². The quantitative estimate of drug-likeness (QED) is 0.676. The average Bonchev–Trinajstić information content (AvgIpc) is 2.12. The molecule has 0 atom stereocenters. The first-order valence-corrected chi connectivity index (χ1v) is 5.87. The van der Waals surface area contributed by atoms with Crippen molar-refractivity contribution in [2.45, 2.75) is 33.2 Å². The zero-order valence-corrected chi connectivity index (χ0v) is 10.8. The van der Waals surface area contributed by atoms with Crippen molar-refractivity contribution >= 4 is 29.1 Å². The van der Waals surface area contributed by atoms with Crippen LogP contribution in [0.5, 0.6) is 0 Å². The number of alkyl halides is 2. The number of rotatable bonds is 5. The lowest BCUT2D eigenvalue weighted by atomic mass is 10.0. The molecular weight excluding hydrogens is 221 g/mol. The van der Waals surface area contributed by atoms with Crippen molar-refractivity contribution < 1.29 is 4.79 Å². The molecule has 0 rings (SSSR count). The number of amides is 1. The van der Waals surface area contributed by atoms with Gasteiger partial charge in [-0.05, 0) is 13.8 Å². The van der Waals surface area contributed by atoms with Crippen molar-refractivity contribution in [2.24, 2.45) is 5.92 Å². The van der Waals surface area contributed by atoms with Crippen molar-refractivity contribution in [3.63, 3.8) is 0 Å². The van der Waals surface area contributed by atoms with E-state index in [-0.39, 0.29) is 17.4 Å². The first-order chi connectivity index (χ1) is 6.36. The topological polar surface area (TPSA) is 20.3 Å². The fourth-order valence-corrected chi connectivity index (χ4v) is 1.49. The standard InChI is InChI=1S/C10H19Cl2NO/c1-8(2)9(14)13(6-5-11)10(3,4)7-12/h8H,5-7H2,1-4H3. The highest BCUT2D eigenvalue weighted by atomic mass is 35.5. The molecule has 0 unspecified atom stereocenters. The summed E-state index contributed by atoms with van der Waals surface area (Å²) in [7, 11) is 0. The number of hydrogen-bond acceptors (Lipinski definition) is 1. The van der Waals surface area contributed by atoms with Crippen LogP contribution in [0, 0.1) is 5.92 Å². The van der Waals surface area contributed by atoms with E-state index in [1.54, 1.807) is 4.90 Å². The predicted octanol–water partition coefficient (Wildman–Crippen LogP) is 2.73. The summed E-state index contributed by atoms with van der Waals surface area (Å²) in [4.78, 5) is 13.6. The Kier molecular flexibility index (Phi) is 5.84. The van der Waals surface area contributed by atoms with Crippen LogP contribution >= 0.6 is 23.2 Å². The normalized spacial score (nSPS) is 11.9. The summed E-state index contributed by atoms with van der Waals surface area (Å²) in [6.45, 7) is 8.22. The Labute approximate surface area is 96.6 Å². The van der Waals surface area contributed by atoms with E-state index in [1.807, 2.05) is 27.7 Å². The molecular formula is C10H19Cl2NO. The number of nitrogens with zero attached hydrogens (tertiary/aromatic N) is 1. The third-order valence-electron chi connectivity index (χ3n) is 2.13. The summed E-state index contributed by atoms with van der Waals surface area (Å²) in [5.41, 5.74) is -0.322. The number of carbonyl (C=O) groups excluding carboxylic acids is 1. The molecule has 1 amide bonds. The Balaban J connectivity index is 4.67. The van der Waals surface area contributed by atoms with E-state index in [4.69, 9.17) is 23.2 Å². The Hall–Kier alpha value is 0.0500. The van der Waals surface area contributed by atoms with E-state index in [0.29, 0.717) is 18.3 Å². The summed E-state index contributed by atoms with van der Waals surface area (Å²) in [5.74, 6) is 0.957.